The molecule has 1 aliphatic rings. The number of para-hydroxylation sites is 1. The number of aromatic nitrogens is 3. The maximum absolute atomic E-state index is 12.8. The molecular weight excluding hydrogens is 465 g/mol. The van der Waals surface area contributed by atoms with Gasteiger partial charge in [0.2, 0.25) is 0 Å². The highest BCUT2D eigenvalue weighted by molar-refractivity contribution is 6.37. The van der Waals surface area contributed by atoms with Crippen molar-refractivity contribution < 1.29 is 9.59 Å². The molecule has 0 aliphatic carbocycles. The van der Waals surface area contributed by atoms with Crippen LogP contribution in [0.25, 0.3) is 5.69 Å². The van der Waals surface area contributed by atoms with Crippen LogP contribution in [0, 0.1) is 0 Å². The maximum atomic E-state index is 12.8. The first-order chi connectivity index (χ1) is 15.8. The van der Waals surface area contributed by atoms with Crippen molar-refractivity contribution in [3.63, 3.8) is 0 Å². The Kier molecular flexibility index (Phi) is 6.83. The number of carbonyl (C=O) groups excluding carboxylic acids is 2. The SMILES string of the molecule is CN1CCCN(C(=O)c2ccc(Nc3cn(-c4c(Cl)cccc4Cl)nc3C(N)=O)nc2)CC1. The first-order valence-electron chi connectivity index (χ1n) is 10.4. The summed E-state index contributed by atoms with van der Waals surface area (Å²) in [6, 6.07) is 8.41. The number of carbonyl (C=O) groups is 2. The Balaban J connectivity index is 1.55. The van der Waals surface area contributed by atoms with E-state index in [1.165, 1.54) is 10.9 Å². The lowest BCUT2D eigenvalue weighted by Crippen LogP contribution is -2.34. The first kappa shape index (κ1) is 23.0. The smallest absolute Gasteiger partial charge is 0.271 e. The zero-order chi connectivity index (χ0) is 23.5. The summed E-state index contributed by atoms with van der Waals surface area (Å²) in [5.74, 6) is -0.352. The Hall–Kier alpha value is -3.14. The minimum absolute atomic E-state index is 0.00151. The van der Waals surface area contributed by atoms with Gasteiger partial charge in [0.05, 0.1) is 27.5 Å². The molecule has 11 heteroatoms. The lowest BCUT2D eigenvalue weighted by molar-refractivity contribution is 0.0762. The molecule has 9 nitrogen and oxygen atoms in total. The van der Waals surface area contributed by atoms with Crippen molar-refractivity contribution in [1.29, 1.82) is 0 Å². The van der Waals surface area contributed by atoms with E-state index in [0.717, 1.165) is 26.1 Å². The monoisotopic (exact) mass is 487 g/mol. The Morgan fingerprint density at radius 3 is 2.48 bits per heavy atom. The highest BCUT2D eigenvalue weighted by Crippen LogP contribution is 2.30. The van der Waals surface area contributed by atoms with E-state index in [1.807, 2.05) is 4.90 Å². The van der Waals surface area contributed by atoms with Crippen LogP contribution >= 0.6 is 23.2 Å². The number of likely N-dealkylation sites (N-methyl/N-ethyl adjacent to an activating group) is 1. The van der Waals surface area contributed by atoms with E-state index in [1.54, 1.807) is 36.5 Å². The second-order valence-corrected chi connectivity index (χ2v) is 8.59. The predicted octanol–water partition coefficient (Wildman–Crippen LogP) is 3.19. The number of hydrogen-bond acceptors (Lipinski definition) is 6. The van der Waals surface area contributed by atoms with Crippen molar-refractivity contribution >= 4 is 46.5 Å². The van der Waals surface area contributed by atoms with Gasteiger partial charge in [-0.15, -0.1) is 0 Å². The van der Waals surface area contributed by atoms with Gasteiger partial charge >= 0.3 is 0 Å². The molecule has 1 fully saturated rings. The van der Waals surface area contributed by atoms with Gasteiger partial charge in [-0.1, -0.05) is 29.3 Å². The van der Waals surface area contributed by atoms with E-state index in [2.05, 4.69) is 27.3 Å². The van der Waals surface area contributed by atoms with E-state index in [-0.39, 0.29) is 11.6 Å². The minimum Gasteiger partial charge on any atom is -0.364 e. The summed E-state index contributed by atoms with van der Waals surface area (Å²) in [6.07, 6.45) is 4.00. The zero-order valence-corrected chi connectivity index (χ0v) is 19.5. The van der Waals surface area contributed by atoms with Crippen molar-refractivity contribution in [2.24, 2.45) is 5.73 Å². The van der Waals surface area contributed by atoms with E-state index in [4.69, 9.17) is 28.9 Å². The number of halogens is 2. The van der Waals surface area contributed by atoms with Crippen LogP contribution < -0.4 is 11.1 Å². The van der Waals surface area contributed by atoms with Crippen LogP contribution in [0.4, 0.5) is 11.5 Å². The van der Waals surface area contributed by atoms with Gasteiger partial charge in [0.15, 0.2) is 5.69 Å². The number of nitrogens with one attached hydrogen (secondary N) is 1. The number of hydrogen-bond donors (Lipinski definition) is 2. The van der Waals surface area contributed by atoms with Crippen LogP contribution in [0.3, 0.4) is 0 Å². The lowest BCUT2D eigenvalue weighted by Gasteiger charge is -2.20. The minimum atomic E-state index is -0.725. The molecule has 0 saturated carbocycles. The molecule has 1 aliphatic heterocycles. The van der Waals surface area contributed by atoms with Crippen LogP contribution in [0.15, 0.2) is 42.7 Å². The molecule has 172 valence electrons. The van der Waals surface area contributed by atoms with Crippen LogP contribution in [0.2, 0.25) is 10.0 Å². The number of amides is 2. The number of anilines is 2. The molecule has 3 aromatic rings. The topological polar surface area (TPSA) is 109 Å². The van der Waals surface area contributed by atoms with Gasteiger partial charge in [-0.25, -0.2) is 9.67 Å². The molecule has 0 unspecified atom stereocenters. The van der Waals surface area contributed by atoms with E-state index in [0.29, 0.717) is 39.3 Å². The molecule has 1 saturated heterocycles. The van der Waals surface area contributed by atoms with E-state index in [9.17, 15) is 9.59 Å². The third-order valence-corrected chi connectivity index (χ3v) is 6.00. The summed E-state index contributed by atoms with van der Waals surface area (Å²) < 4.78 is 1.39. The molecule has 3 N–H and O–H groups in total. The van der Waals surface area contributed by atoms with Gasteiger partial charge in [0.1, 0.15) is 11.5 Å². The fourth-order valence-corrected chi connectivity index (χ4v) is 4.20. The molecular formula is C22H23Cl2N7O2. The van der Waals surface area contributed by atoms with Crippen LogP contribution in [0.1, 0.15) is 27.3 Å². The second kappa shape index (κ2) is 9.78. The molecule has 0 radical (unpaired) electrons. The number of rotatable bonds is 5. The number of benzene rings is 1. The van der Waals surface area contributed by atoms with Crippen molar-refractivity contribution in [1.82, 2.24) is 24.6 Å². The van der Waals surface area contributed by atoms with Crippen LogP contribution in [-0.4, -0.2) is 69.6 Å². The summed E-state index contributed by atoms with van der Waals surface area (Å²) in [7, 11) is 2.05. The van der Waals surface area contributed by atoms with Gasteiger partial charge in [0.25, 0.3) is 11.8 Å². The van der Waals surface area contributed by atoms with E-state index < -0.39 is 5.91 Å². The average molecular weight is 488 g/mol. The summed E-state index contributed by atoms with van der Waals surface area (Å²) in [6.45, 7) is 3.21. The maximum Gasteiger partial charge on any atom is 0.271 e. The predicted molar refractivity (Wildman–Crippen MR) is 128 cm³/mol. The van der Waals surface area contributed by atoms with Gasteiger partial charge in [0, 0.05) is 25.8 Å². The Morgan fingerprint density at radius 2 is 1.82 bits per heavy atom. The molecule has 0 atom stereocenters. The summed E-state index contributed by atoms with van der Waals surface area (Å²) in [5, 5.41) is 8.01. The Bertz CT molecular complexity index is 1160. The highest BCUT2D eigenvalue weighted by Gasteiger charge is 2.21. The lowest BCUT2D eigenvalue weighted by atomic mass is 10.2. The third-order valence-electron chi connectivity index (χ3n) is 5.39. The zero-order valence-electron chi connectivity index (χ0n) is 18.0. The molecule has 0 bridgehead atoms. The normalized spacial score (nSPS) is 14.7. The van der Waals surface area contributed by atoms with Crippen LogP contribution in [-0.2, 0) is 0 Å². The van der Waals surface area contributed by atoms with Crippen molar-refractivity contribution in [3.8, 4) is 5.69 Å². The summed E-state index contributed by atoms with van der Waals surface area (Å²) >= 11 is 12.5. The highest BCUT2D eigenvalue weighted by atomic mass is 35.5. The Labute approximate surface area is 201 Å². The molecule has 0 spiro atoms. The van der Waals surface area contributed by atoms with Crippen molar-refractivity contribution in [2.75, 3.05) is 38.5 Å². The molecule has 3 heterocycles. The standard InChI is InChI=1S/C22H23Cl2N7O2/c1-29-8-3-9-30(11-10-29)22(33)14-6-7-18(26-12-14)27-17-13-31(28-19(17)21(25)32)20-15(23)4-2-5-16(20)24/h2,4-7,12-13H,3,8-11H2,1H3,(H2,25,32)(H,26,27). The van der Waals surface area contributed by atoms with Gasteiger partial charge in [-0.3, -0.25) is 9.59 Å². The van der Waals surface area contributed by atoms with Gasteiger partial charge in [-0.05, 0) is 44.3 Å². The molecule has 1 aromatic carbocycles. The third kappa shape index (κ3) is 5.11. The molecule has 4 rings (SSSR count). The Morgan fingerprint density at radius 1 is 1.06 bits per heavy atom. The van der Waals surface area contributed by atoms with Crippen LogP contribution in [0.5, 0.6) is 0 Å². The largest absolute Gasteiger partial charge is 0.364 e. The second-order valence-electron chi connectivity index (χ2n) is 7.78. The van der Waals surface area contributed by atoms with Crippen molar-refractivity contribution in [3.05, 3.63) is 64.0 Å². The average Bonchev–Trinajstić information content (AvgIpc) is 3.06. The number of nitrogens with two attached hydrogens (primary N) is 1. The van der Waals surface area contributed by atoms with Gasteiger partial charge in [-0.2, -0.15) is 5.10 Å². The van der Waals surface area contributed by atoms with Gasteiger partial charge < -0.3 is 20.9 Å². The number of nitrogens with zero attached hydrogens (tertiary/aromatic N) is 5. The first-order valence-corrected chi connectivity index (χ1v) is 11.1. The summed E-state index contributed by atoms with van der Waals surface area (Å²) in [4.78, 5) is 33.2. The molecule has 2 amide bonds. The fourth-order valence-electron chi connectivity index (χ4n) is 3.63. The quantitative estimate of drug-likeness (QED) is 0.571. The molecule has 2 aromatic heterocycles. The number of primary amides is 1. The summed E-state index contributed by atoms with van der Waals surface area (Å²) in [5.41, 5.74) is 6.77. The van der Waals surface area contributed by atoms with E-state index >= 15 is 0 Å². The molecule has 33 heavy (non-hydrogen) atoms. The number of pyridine rings is 1. The van der Waals surface area contributed by atoms with Crippen molar-refractivity contribution in [2.45, 2.75) is 6.42 Å². The fraction of sp³-hybridized carbons (Fsp3) is 0.273.